The Kier molecular flexibility index (Phi) is 6.19. The number of hydrogen-bond donors (Lipinski definition) is 1. The fraction of sp³-hybridized carbons (Fsp3) is 0.364. The molecular weight excluding hydrogens is 411 g/mol. The van der Waals surface area contributed by atoms with Gasteiger partial charge < -0.3 is 5.32 Å². The Labute approximate surface area is 180 Å². The molecule has 0 aliphatic heterocycles. The number of benzene rings is 1. The van der Waals surface area contributed by atoms with Gasteiger partial charge in [0.2, 0.25) is 5.91 Å². The van der Waals surface area contributed by atoms with Crippen LogP contribution in [0.2, 0.25) is 10.0 Å². The van der Waals surface area contributed by atoms with Crippen LogP contribution < -0.4 is 5.32 Å². The third-order valence-electron chi connectivity index (χ3n) is 5.24. The number of anilines is 1. The summed E-state index contributed by atoms with van der Waals surface area (Å²) in [4.78, 5) is 13.6. The van der Waals surface area contributed by atoms with Crippen molar-refractivity contribution < 1.29 is 4.79 Å². The molecule has 2 aromatic rings. The largest absolute Gasteiger partial charge is 0.313 e. The molecule has 1 aromatic carbocycles. The molecule has 1 aliphatic rings. The van der Waals surface area contributed by atoms with Crippen LogP contribution in [0.3, 0.4) is 0 Å². The van der Waals surface area contributed by atoms with Gasteiger partial charge in [0.15, 0.2) is 0 Å². The van der Waals surface area contributed by atoms with Crippen LogP contribution in [0.4, 0.5) is 5.00 Å². The number of fused-ring (bicyclic) bond motifs is 1. The predicted molar refractivity (Wildman–Crippen MR) is 118 cm³/mol. The zero-order valence-electron chi connectivity index (χ0n) is 16.1. The van der Waals surface area contributed by atoms with E-state index in [2.05, 4.69) is 32.2 Å². The summed E-state index contributed by atoms with van der Waals surface area (Å²) in [6, 6.07) is 7.48. The Morgan fingerprint density at radius 2 is 2.00 bits per heavy atom. The van der Waals surface area contributed by atoms with Gasteiger partial charge in [0.25, 0.3) is 0 Å². The SMILES string of the molecule is CC(C)(C)C1CCc2c(sc(NC(=O)/C=C\c3c(Cl)cccc3Cl)c2C#N)C1. The Morgan fingerprint density at radius 1 is 1.32 bits per heavy atom. The van der Waals surface area contributed by atoms with Crippen molar-refractivity contribution in [3.63, 3.8) is 0 Å². The summed E-state index contributed by atoms with van der Waals surface area (Å²) in [5.41, 5.74) is 2.53. The van der Waals surface area contributed by atoms with Crippen LogP contribution >= 0.6 is 34.5 Å². The van der Waals surface area contributed by atoms with Crippen LogP contribution in [0.15, 0.2) is 24.3 Å². The summed E-state index contributed by atoms with van der Waals surface area (Å²) < 4.78 is 0. The second-order valence-corrected chi connectivity index (χ2v) is 10.0. The van der Waals surface area contributed by atoms with Crippen LogP contribution in [0.25, 0.3) is 6.08 Å². The molecule has 0 bridgehead atoms. The van der Waals surface area contributed by atoms with E-state index in [0.29, 0.717) is 32.1 Å². The van der Waals surface area contributed by atoms with Gasteiger partial charge in [0.05, 0.1) is 5.56 Å². The van der Waals surface area contributed by atoms with Crippen molar-refractivity contribution in [3.8, 4) is 6.07 Å². The van der Waals surface area contributed by atoms with Crippen molar-refractivity contribution >= 4 is 51.5 Å². The molecule has 0 saturated heterocycles. The Balaban J connectivity index is 1.80. The molecule has 1 atom stereocenters. The lowest BCUT2D eigenvalue weighted by Crippen LogP contribution is -2.26. The highest BCUT2D eigenvalue weighted by Gasteiger charge is 2.32. The Hall–Kier alpha value is -1.80. The third-order valence-corrected chi connectivity index (χ3v) is 7.07. The van der Waals surface area contributed by atoms with Gasteiger partial charge in [-0.25, -0.2) is 0 Å². The quantitative estimate of drug-likeness (QED) is 0.546. The van der Waals surface area contributed by atoms with E-state index < -0.39 is 0 Å². The minimum absolute atomic E-state index is 0.231. The number of halogens is 2. The van der Waals surface area contributed by atoms with Gasteiger partial charge in [0, 0.05) is 26.6 Å². The smallest absolute Gasteiger partial charge is 0.249 e. The molecule has 0 saturated carbocycles. The molecule has 0 radical (unpaired) electrons. The molecule has 1 heterocycles. The van der Waals surface area contributed by atoms with Gasteiger partial charge in [-0.15, -0.1) is 11.3 Å². The number of carbonyl (C=O) groups is 1. The number of hydrogen-bond acceptors (Lipinski definition) is 3. The van der Waals surface area contributed by atoms with Gasteiger partial charge in [-0.05, 0) is 54.4 Å². The Morgan fingerprint density at radius 3 is 2.61 bits per heavy atom. The van der Waals surface area contributed by atoms with Gasteiger partial charge in [-0.2, -0.15) is 5.26 Å². The number of nitrogens with zero attached hydrogens (tertiary/aromatic N) is 1. The van der Waals surface area contributed by atoms with E-state index in [1.54, 1.807) is 24.3 Å². The molecular formula is C22H22Cl2N2OS. The number of thiophene rings is 1. The van der Waals surface area contributed by atoms with E-state index in [1.807, 2.05) is 0 Å². The van der Waals surface area contributed by atoms with Crippen molar-refractivity contribution in [2.45, 2.75) is 40.0 Å². The molecule has 0 fully saturated rings. The predicted octanol–water partition coefficient (Wildman–Crippen LogP) is 6.73. The molecule has 6 heteroatoms. The first-order valence-corrected chi connectivity index (χ1v) is 10.8. The number of rotatable bonds is 3. The monoisotopic (exact) mass is 432 g/mol. The number of carbonyl (C=O) groups excluding carboxylic acids is 1. The summed E-state index contributed by atoms with van der Waals surface area (Å²) in [5, 5.41) is 14.1. The lowest BCUT2D eigenvalue weighted by Gasteiger charge is -2.33. The minimum atomic E-state index is -0.307. The van der Waals surface area contributed by atoms with E-state index >= 15 is 0 Å². The van der Waals surface area contributed by atoms with E-state index in [4.69, 9.17) is 23.2 Å². The number of nitriles is 1. The molecule has 0 spiro atoms. The second-order valence-electron chi connectivity index (χ2n) is 8.08. The van der Waals surface area contributed by atoms with Gasteiger partial charge in [0.1, 0.15) is 11.1 Å². The topological polar surface area (TPSA) is 52.9 Å². The van der Waals surface area contributed by atoms with E-state index in [1.165, 1.54) is 22.3 Å². The molecule has 3 nitrogen and oxygen atoms in total. The van der Waals surface area contributed by atoms with Crippen molar-refractivity contribution in [1.29, 1.82) is 5.26 Å². The first-order chi connectivity index (χ1) is 13.2. The number of nitrogens with one attached hydrogen (secondary N) is 1. The molecule has 146 valence electrons. The molecule has 1 aromatic heterocycles. The highest BCUT2D eigenvalue weighted by Crippen LogP contribution is 2.44. The van der Waals surface area contributed by atoms with Crippen molar-refractivity contribution in [2.24, 2.45) is 11.3 Å². The molecule has 1 N–H and O–H groups in total. The lowest BCUT2D eigenvalue weighted by atomic mass is 9.72. The fourth-order valence-corrected chi connectivity index (χ4v) is 5.32. The maximum absolute atomic E-state index is 12.4. The zero-order valence-corrected chi connectivity index (χ0v) is 18.4. The van der Waals surface area contributed by atoms with Crippen LogP contribution in [0.5, 0.6) is 0 Å². The maximum Gasteiger partial charge on any atom is 0.249 e. The highest BCUT2D eigenvalue weighted by molar-refractivity contribution is 7.16. The molecule has 1 unspecified atom stereocenters. The first-order valence-electron chi connectivity index (χ1n) is 9.18. The summed E-state index contributed by atoms with van der Waals surface area (Å²) in [5.74, 6) is 0.273. The minimum Gasteiger partial charge on any atom is -0.313 e. The normalized spacial score (nSPS) is 16.6. The summed E-state index contributed by atoms with van der Waals surface area (Å²) in [6.07, 6.45) is 5.90. The highest BCUT2D eigenvalue weighted by atomic mass is 35.5. The number of amides is 1. The van der Waals surface area contributed by atoms with E-state index in [0.717, 1.165) is 24.8 Å². The lowest BCUT2D eigenvalue weighted by molar-refractivity contribution is -0.111. The zero-order chi connectivity index (χ0) is 20.5. The summed E-state index contributed by atoms with van der Waals surface area (Å²) >= 11 is 13.8. The average molecular weight is 433 g/mol. The molecule has 1 amide bonds. The van der Waals surface area contributed by atoms with Gasteiger partial charge in [-0.3, -0.25) is 4.79 Å². The first kappa shape index (κ1) is 20.9. The maximum atomic E-state index is 12.4. The summed E-state index contributed by atoms with van der Waals surface area (Å²) in [6.45, 7) is 6.78. The fourth-order valence-electron chi connectivity index (χ4n) is 3.51. The van der Waals surface area contributed by atoms with E-state index in [9.17, 15) is 10.1 Å². The molecule has 3 rings (SSSR count). The van der Waals surface area contributed by atoms with Gasteiger partial charge in [-0.1, -0.05) is 50.0 Å². The van der Waals surface area contributed by atoms with Crippen molar-refractivity contribution in [1.82, 2.24) is 0 Å². The molecule has 28 heavy (non-hydrogen) atoms. The van der Waals surface area contributed by atoms with Crippen LogP contribution in [-0.4, -0.2) is 5.91 Å². The van der Waals surface area contributed by atoms with Crippen molar-refractivity contribution in [3.05, 3.63) is 55.9 Å². The van der Waals surface area contributed by atoms with Crippen LogP contribution in [0, 0.1) is 22.7 Å². The van der Waals surface area contributed by atoms with Gasteiger partial charge >= 0.3 is 0 Å². The van der Waals surface area contributed by atoms with Crippen molar-refractivity contribution in [2.75, 3.05) is 5.32 Å². The van der Waals surface area contributed by atoms with Crippen LogP contribution in [0.1, 0.15) is 48.8 Å². The average Bonchev–Trinajstić information content (AvgIpc) is 2.96. The molecule has 1 aliphatic carbocycles. The Bertz CT molecular complexity index is 959. The van der Waals surface area contributed by atoms with Crippen LogP contribution in [-0.2, 0) is 17.6 Å². The standard InChI is InChI=1S/C22H22Cl2N2OS/c1-22(2,3)13-7-8-14-16(12-25)21(28-19(14)11-13)26-20(27)10-9-15-17(23)5-4-6-18(15)24/h4-6,9-10,13H,7-8,11H2,1-3H3,(H,26,27)/b10-9-. The summed E-state index contributed by atoms with van der Waals surface area (Å²) in [7, 11) is 0. The second kappa shape index (κ2) is 8.29. The third kappa shape index (κ3) is 4.43. The van der Waals surface area contributed by atoms with E-state index in [-0.39, 0.29) is 11.3 Å².